The van der Waals surface area contributed by atoms with Crippen LogP contribution in [0.4, 0.5) is 11.9 Å². The zero-order chi connectivity index (χ0) is 14.8. The number of hydrogen-bond donors (Lipinski definition) is 2. The molecule has 0 fully saturated rings. The molecule has 2 heterocycles. The first-order chi connectivity index (χ1) is 9.50. The van der Waals surface area contributed by atoms with Crippen molar-refractivity contribution in [1.82, 2.24) is 15.0 Å². The minimum absolute atomic E-state index is 0.0909. The Kier molecular flexibility index (Phi) is 3.73. The standard InChI is InChI=1S/C12H17N7O/c1-3-5-7-6-15-12(4-2,19-7)8(20)9-16-10(13)18-11(14)17-9/h6H,3-5H2,1-2H3,(H4,13,14,16,17,18). The molecule has 1 unspecified atom stereocenters. The Morgan fingerprint density at radius 3 is 2.40 bits per heavy atom. The van der Waals surface area contributed by atoms with Crippen molar-refractivity contribution in [3.8, 4) is 0 Å². The molecule has 0 bridgehead atoms. The van der Waals surface area contributed by atoms with Crippen molar-refractivity contribution in [2.75, 3.05) is 11.5 Å². The number of carbonyl (C=O) groups excluding carboxylic acids is 1. The van der Waals surface area contributed by atoms with E-state index in [-0.39, 0.29) is 17.7 Å². The van der Waals surface area contributed by atoms with Crippen LogP contribution in [0.15, 0.2) is 9.98 Å². The lowest BCUT2D eigenvalue weighted by Gasteiger charge is -2.18. The minimum atomic E-state index is -1.19. The second-order valence-corrected chi connectivity index (χ2v) is 4.49. The molecular weight excluding hydrogens is 258 g/mol. The molecule has 8 nitrogen and oxygen atoms in total. The molecule has 0 saturated heterocycles. The quantitative estimate of drug-likeness (QED) is 0.758. The maximum Gasteiger partial charge on any atom is 0.249 e. The molecule has 0 aliphatic carbocycles. The Hall–Kier alpha value is -2.38. The fourth-order valence-corrected chi connectivity index (χ4v) is 1.98. The van der Waals surface area contributed by atoms with E-state index in [2.05, 4.69) is 24.9 Å². The number of nitrogens with two attached hydrogens (primary N) is 2. The monoisotopic (exact) mass is 275 g/mol. The summed E-state index contributed by atoms with van der Waals surface area (Å²) in [5.41, 5.74) is 10.6. The molecule has 1 aliphatic heterocycles. The van der Waals surface area contributed by atoms with E-state index in [0.717, 1.165) is 18.6 Å². The van der Waals surface area contributed by atoms with Crippen molar-refractivity contribution in [3.63, 3.8) is 0 Å². The number of ketones is 1. The van der Waals surface area contributed by atoms with Gasteiger partial charge in [0.15, 0.2) is 0 Å². The number of aromatic nitrogens is 3. The van der Waals surface area contributed by atoms with E-state index in [1.165, 1.54) is 0 Å². The molecule has 0 aromatic carbocycles. The Labute approximate surface area is 116 Å². The van der Waals surface area contributed by atoms with E-state index < -0.39 is 11.4 Å². The smallest absolute Gasteiger partial charge is 0.249 e. The van der Waals surface area contributed by atoms with Crippen LogP contribution < -0.4 is 11.5 Å². The van der Waals surface area contributed by atoms with Crippen LogP contribution in [0.3, 0.4) is 0 Å². The molecule has 8 heteroatoms. The minimum Gasteiger partial charge on any atom is -0.368 e. The Balaban J connectivity index is 2.38. The van der Waals surface area contributed by atoms with Crippen molar-refractivity contribution in [1.29, 1.82) is 0 Å². The van der Waals surface area contributed by atoms with Gasteiger partial charge in [-0.2, -0.15) is 15.0 Å². The largest absolute Gasteiger partial charge is 0.368 e. The van der Waals surface area contributed by atoms with Gasteiger partial charge in [0.05, 0.1) is 5.71 Å². The number of nitrogen functional groups attached to an aromatic ring is 2. The van der Waals surface area contributed by atoms with E-state index in [1.54, 1.807) is 6.21 Å². The third-order valence-corrected chi connectivity index (χ3v) is 2.99. The van der Waals surface area contributed by atoms with Gasteiger partial charge in [-0.15, -0.1) is 0 Å². The van der Waals surface area contributed by atoms with Gasteiger partial charge in [-0.05, 0) is 12.8 Å². The second-order valence-electron chi connectivity index (χ2n) is 4.49. The van der Waals surface area contributed by atoms with Gasteiger partial charge in [0.1, 0.15) is 0 Å². The van der Waals surface area contributed by atoms with E-state index >= 15 is 0 Å². The first-order valence-electron chi connectivity index (χ1n) is 6.46. The summed E-state index contributed by atoms with van der Waals surface area (Å²) in [6.45, 7) is 3.87. The first-order valence-corrected chi connectivity index (χ1v) is 6.46. The van der Waals surface area contributed by atoms with Crippen LogP contribution in [0, 0.1) is 0 Å². The number of hydrogen-bond acceptors (Lipinski definition) is 8. The predicted octanol–water partition coefficient (Wildman–Crippen LogP) is 0.651. The highest BCUT2D eigenvalue weighted by Gasteiger charge is 2.41. The molecule has 1 aromatic rings. The summed E-state index contributed by atoms with van der Waals surface area (Å²) in [5.74, 6) is -0.697. The molecule has 20 heavy (non-hydrogen) atoms. The number of Topliss-reactive ketones (excluding diaryl/α,β-unsaturated/α-hetero) is 1. The average Bonchev–Trinajstić information content (AvgIpc) is 2.82. The topological polar surface area (TPSA) is 132 Å². The van der Waals surface area contributed by atoms with E-state index in [0.29, 0.717) is 6.42 Å². The first kappa shape index (κ1) is 14.0. The van der Waals surface area contributed by atoms with Crippen LogP contribution in [-0.2, 0) is 0 Å². The Morgan fingerprint density at radius 2 is 1.85 bits per heavy atom. The normalized spacial score (nSPS) is 21.0. The van der Waals surface area contributed by atoms with Crippen LogP contribution >= 0.6 is 0 Å². The van der Waals surface area contributed by atoms with Crippen molar-refractivity contribution >= 4 is 29.6 Å². The van der Waals surface area contributed by atoms with Crippen LogP contribution in [0.5, 0.6) is 0 Å². The number of rotatable bonds is 5. The molecule has 1 atom stereocenters. The maximum atomic E-state index is 12.6. The highest BCUT2D eigenvalue weighted by Crippen LogP contribution is 2.26. The van der Waals surface area contributed by atoms with Crippen molar-refractivity contribution in [2.24, 2.45) is 9.98 Å². The summed E-state index contributed by atoms with van der Waals surface area (Å²) in [6, 6.07) is 0. The van der Waals surface area contributed by atoms with E-state index in [9.17, 15) is 4.79 Å². The van der Waals surface area contributed by atoms with Crippen molar-refractivity contribution in [2.45, 2.75) is 38.8 Å². The molecule has 1 aliphatic rings. The van der Waals surface area contributed by atoms with Crippen molar-refractivity contribution in [3.05, 3.63) is 5.82 Å². The third kappa shape index (κ3) is 2.49. The fourth-order valence-electron chi connectivity index (χ4n) is 1.98. The summed E-state index contributed by atoms with van der Waals surface area (Å²) in [5, 5.41) is 0. The van der Waals surface area contributed by atoms with Gasteiger partial charge < -0.3 is 11.5 Å². The number of aliphatic imine (C=N–C) groups is 2. The second kappa shape index (κ2) is 5.32. The van der Waals surface area contributed by atoms with Gasteiger partial charge in [0, 0.05) is 6.21 Å². The number of anilines is 2. The summed E-state index contributed by atoms with van der Waals surface area (Å²) in [4.78, 5) is 32.6. The van der Waals surface area contributed by atoms with Gasteiger partial charge in [-0.1, -0.05) is 20.3 Å². The van der Waals surface area contributed by atoms with Gasteiger partial charge in [-0.25, -0.2) is 0 Å². The zero-order valence-electron chi connectivity index (χ0n) is 11.5. The fraction of sp³-hybridized carbons (Fsp3) is 0.500. The lowest BCUT2D eigenvalue weighted by molar-refractivity contribution is 0.0884. The number of carbonyl (C=O) groups is 1. The van der Waals surface area contributed by atoms with Gasteiger partial charge in [0.25, 0.3) is 0 Å². The molecule has 0 amide bonds. The lowest BCUT2D eigenvalue weighted by Crippen LogP contribution is -2.34. The highest BCUT2D eigenvalue weighted by atomic mass is 16.1. The van der Waals surface area contributed by atoms with Crippen LogP contribution in [-0.4, -0.2) is 38.3 Å². The molecule has 4 N–H and O–H groups in total. The molecule has 0 saturated carbocycles. The predicted molar refractivity (Wildman–Crippen MR) is 76.8 cm³/mol. The van der Waals surface area contributed by atoms with Crippen LogP contribution in [0.1, 0.15) is 43.7 Å². The molecule has 0 radical (unpaired) electrons. The molecule has 2 rings (SSSR count). The lowest BCUT2D eigenvalue weighted by atomic mass is 10.0. The van der Waals surface area contributed by atoms with Crippen LogP contribution in [0.2, 0.25) is 0 Å². The third-order valence-electron chi connectivity index (χ3n) is 2.99. The number of nitrogens with zero attached hydrogens (tertiary/aromatic N) is 5. The SMILES string of the molecule is CCCC1=NC(CC)(C(=O)c2nc(N)nc(N)n2)N=C1. The Morgan fingerprint density at radius 1 is 1.20 bits per heavy atom. The molecule has 1 aromatic heterocycles. The molecule has 0 spiro atoms. The summed E-state index contributed by atoms with van der Waals surface area (Å²) >= 11 is 0. The summed E-state index contributed by atoms with van der Waals surface area (Å²) in [7, 11) is 0. The van der Waals surface area contributed by atoms with Crippen molar-refractivity contribution < 1.29 is 4.79 Å². The maximum absolute atomic E-state index is 12.6. The average molecular weight is 275 g/mol. The van der Waals surface area contributed by atoms with E-state index in [4.69, 9.17) is 11.5 Å². The highest BCUT2D eigenvalue weighted by molar-refractivity contribution is 6.33. The van der Waals surface area contributed by atoms with E-state index in [1.807, 2.05) is 13.8 Å². The van der Waals surface area contributed by atoms with Crippen LogP contribution in [0.25, 0.3) is 0 Å². The summed E-state index contributed by atoms with van der Waals surface area (Å²) in [6.07, 6.45) is 3.77. The van der Waals surface area contributed by atoms with Gasteiger partial charge in [0.2, 0.25) is 29.2 Å². The van der Waals surface area contributed by atoms with Gasteiger partial charge >= 0.3 is 0 Å². The molecular formula is C12H17N7O. The zero-order valence-corrected chi connectivity index (χ0v) is 11.5. The Bertz CT molecular complexity index is 575. The van der Waals surface area contributed by atoms with Gasteiger partial charge in [-0.3, -0.25) is 14.8 Å². The summed E-state index contributed by atoms with van der Waals surface area (Å²) < 4.78 is 0. The molecule has 106 valence electrons.